The molecule has 2 fully saturated rings. The molecule has 2 aliphatic heterocycles. The number of likely N-dealkylation sites (tertiary alicyclic amines) is 1. The molecule has 0 aromatic heterocycles. The van der Waals surface area contributed by atoms with Crippen molar-refractivity contribution < 1.29 is 14.4 Å². The van der Waals surface area contributed by atoms with Gasteiger partial charge in [0.15, 0.2) is 5.78 Å². The summed E-state index contributed by atoms with van der Waals surface area (Å²) in [7, 11) is 3.42. The lowest BCUT2D eigenvalue weighted by Crippen LogP contribution is -2.54. The van der Waals surface area contributed by atoms with Crippen molar-refractivity contribution in [3.63, 3.8) is 0 Å². The number of carbonyl (C=O) groups excluding carboxylic acids is 2. The molecule has 1 amide bonds. The molecule has 1 unspecified atom stereocenters. The second-order valence-electron chi connectivity index (χ2n) is 6.64. The maximum Gasteiger partial charge on any atom is 0.238 e. The van der Waals surface area contributed by atoms with Crippen molar-refractivity contribution in [3.8, 4) is 0 Å². The molecule has 2 aliphatic rings. The summed E-state index contributed by atoms with van der Waals surface area (Å²) in [5.74, 6) is -0.674. The summed E-state index contributed by atoms with van der Waals surface area (Å²) in [5.41, 5.74) is 2.24. The summed E-state index contributed by atoms with van der Waals surface area (Å²) >= 11 is 0. The molecular formula is C18H24N2O3. The van der Waals surface area contributed by atoms with Gasteiger partial charge in [0.25, 0.3) is 0 Å². The number of carbonyl (C=O) groups is 2. The molecule has 1 atom stereocenters. The van der Waals surface area contributed by atoms with E-state index in [1.165, 1.54) is 0 Å². The van der Waals surface area contributed by atoms with E-state index in [4.69, 9.17) is 4.84 Å². The van der Waals surface area contributed by atoms with Crippen LogP contribution in [0.2, 0.25) is 0 Å². The van der Waals surface area contributed by atoms with Gasteiger partial charge in [-0.15, -0.1) is 0 Å². The predicted octanol–water partition coefficient (Wildman–Crippen LogP) is 1.82. The van der Waals surface area contributed by atoms with Crippen LogP contribution in [0.5, 0.6) is 0 Å². The Morgan fingerprint density at radius 1 is 1.13 bits per heavy atom. The topological polar surface area (TPSA) is 49.9 Å². The Morgan fingerprint density at radius 2 is 1.70 bits per heavy atom. The maximum atomic E-state index is 13.3. The third-order valence-corrected chi connectivity index (χ3v) is 5.58. The summed E-state index contributed by atoms with van der Waals surface area (Å²) in [4.78, 5) is 33.1. The van der Waals surface area contributed by atoms with Gasteiger partial charge in [0, 0.05) is 20.1 Å². The van der Waals surface area contributed by atoms with Crippen LogP contribution < -0.4 is 0 Å². The van der Waals surface area contributed by atoms with Crippen LogP contribution >= 0.6 is 0 Å². The van der Waals surface area contributed by atoms with Gasteiger partial charge in [-0.25, -0.2) is 0 Å². The van der Waals surface area contributed by atoms with Gasteiger partial charge in [-0.05, 0) is 43.4 Å². The van der Waals surface area contributed by atoms with Gasteiger partial charge in [-0.1, -0.05) is 18.2 Å². The normalized spacial score (nSPS) is 24.7. The molecule has 1 spiro atoms. The molecule has 0 bridgehead atoms. The second kappa shape index (κ2) is 5.73. The standard InChI is InChI=1S/C18H24N2O3/c1-12-6-5-7-13(2)14(12)15-16(21)18(19(3)17(15)22)8-10-20(23-4)11-9-18/h5-7,15H,8-11H2,1-4H3. The van der Waals surface area contributed by atoms with Crippen molar-refractivity contribution in [2.24, 2.45) is 0 Å². The Balaban J connectivity index is 2.00. The monoisotopic (exact) mass is 316 g/mol. The molecule has 2 heterocycles. The number of rotatable bonds is 2. The van der Waals surface area contributed by atoms with Gasteiger partial charge < -0.3 is 9.74 Å². The summed E-state index contributed by atoms with van der Waals surface area (Å²) in [6.07, 6.45) is 1.26. The zero-order chi connectivity index (χ0) is 16.8. The van der Waals surface area contributed by atoms with Crippen molar-refractivity contribution >= 4 is 11.7 Å². The van der Waals surface area contributed by atoms with E-state index in [2.05, 4.69) is 0 Å². The highest BCUT2D eigenvalue weighted by molar-refractivity contribution is 6.17. The molecule has 0 saturated carbocycles. The predicted molar refractivity (Wildman–Crippen MR) is 87.0 cm³/mol. The van der Waals surface area contributed by atoms with Gasteiger partial charge in [-0.3, -0.25) is 9.59 Å². The number of likely N-dealkylation sites (N-methyl/N-ethyl adjacent to an activating group) is 1. The SMILES string of the molecule is CON1CCC2(CC1)C(=O)C(c1c(C)cccc1C)C(=O)N2C. The van der Waals surface area contributed by atoms with E-state index < -0.39 is 11.5 Å². The number of Topliss-reactive ketones (excluding diaryl/α,β-unsaturated/α-hetero) is 1. The van der Waals surface area contributed by atoms with Crippen molar-refractivity contribution in [3.05, 3.63) is 34.9 Å². The fourth-order valence-electron chi connectivity index (χ4n) is 4.11. The Kier molecular flexibility index (Phi) is 4.02. The number of amides is 1. The van der Waals surface area contributed by atoms with E-state index >= 15 is 0 Å². The summed E-state index contributed by atoms with van der Waals surface area (Å²) in [5, 5.41) is 1.85. The van der Waals surface area contributed by atoms with Crippen LogP contribution in [-0.4, -0.2) is 54.4 Å². The lowest BCUT2D eigenvalue weighted by atomic mass is 9.79. The molecule has 5 heteroatoms. The summed E-state index contributed by atoms with van der Waals surface area (Å²) in [6, 6.07) is 5.91. The average molecular weight is 316 g/mol. The van der Waals surface area contributed by atoms with Crippen molar-refractivity contribution in [2.75, 3.05) is 27.2 Å². The highest BCUT2D eigenvalue weighted by atomic mass is 16.7. The number of aryl methyl sites for hydroxylation is 2. The van der Waals surface area contributed by atoms with Crippen LogP contribution in [0.4, 0.5) is 0 Å². The second-order valence-corrected chi connectivity index (χ2v) is 6.64. The van der Waals surface area contributed by atoms with Crippen LogP contribution in [0.25, 0.3) is 0 Å². The van der Waals surface area contributed by atoms with Crippen LogP contribution in [0.1, 0.15) is 35.4 Å². The van der Waals surface area contributed by atoms with Crippen LogP contribution in [0.3, 0.4) is 0 Å². The Morgan fingerprint density at radius 3 is 2.22 bits per heavy atom. The minimum absolute atomic E-state index is 0.0538. The summed E-state index contributed by atoms with van der Waals surface area (Å²) < 4.78 is 0. The van der Waals surface area contributed by atoms with Crippen LogP contribution in [0.15, 0.2) is 18.2 Å². The molecular weight excluding hydrogens is 292 g/mol. The van der Waals surface area contributed by atoms with E-state index in [9.17, 15) is 9.59 Å². The molecule has 2 saturated heterocycles. The van der Waals surface area contributed by atoms with Crippen LogP contribution in [0, 0.1) is 13.8 Å². The Hall–Kier alpha value is -1.72. The molecule has 3 rings (SSSR count). The number of hydrogen-bond donors (Lipinski definition) is 0. The number of ketones is 1. The minimum Gasteiger partial charge on any atom is -0.332 e. The highest BCUT2D eigenvalue weighted by Gasteiger charge is 2.58. The molecule has 1 aromatic rings. The Bertz CT molecular complexity index is 627. The first-order chi connectivity index (χ1) is 10.9. The lowest BCUT2D eigenvalue weighted by Gasteiger charge is -2.41. The smallest absolute Gasteiger partial charge is 0.238 e. The number of nitrogens with zero attached hydrogens (tertiary/aromatic N) is 2. The zero-order valence-electron chi connectivity index (χ0n) is 14.3. The van der Waals surface area contributed by atoms with Crippen molar-refractivity contribution in [1.29, 1.82) is 0 Å². The first-order valence-electron chi connectivity index (χ1n) is 8.09. The Labute approximate surface area is 137 Å². The van der Waals surface area contributed by atoms with Gasteiger partial charge in [-0.2, -0.15) is 5.06 Å². The number of hydrogen-bond acceptors (Lipinski definition) is 4. The lowest BCUT2D eigenvalue weighted by molar-refractivity contribution is -0.165. The molecule has 23 heavy (non-hydrogen) atoms. The minimum atomic E-state index is -0.675. The molecule has 0 radical (unpaired) electrons. The largest absolute Gasteiger partial charge is 0.332 e. The van der Waals surface area contributed by atoms with Gasteiger partial charge >= 0.3 is 0 Å². The maximum absolute atomic E-state index is 13.3. The molecule has 0 N–H and O–H groups in total. The first kappa shape index (κ1) is 16.1. The first-order valence-corrected chi connectivity index (χ1v) is 8.09. The van der Waals surface area contributed by atoms with Crippen molar-refractivity contribution in [1.82, 2.24) is 9.96 Å². The zero-order valence-corrected chi connectivity index (χ0v) is 14.3. The van der Waals surface area contributed by atoms with E-state index in [0.29, 0.717) is 25.9 Å². The van der Waals surface area contributed by atoms with E-state index in [0.717, 1.165) is 16.7 Å². The molecule has 124 valence electrons. The molecule has 1 aromatic carbocycles. The van der Waals surface area contributed by atoms with Crippen LogP contribution in [-0.2, 0) is 14.4 Å². The van der Waals surface area contributed by atoms with Gasteiger partial charge in [0.2, 0.25) is 5.91 Å². The highest BCUT2D eigenvalue weighted by Crippen LogP contribution is 2.43. The third-order valence-electron chi connectivity index (χ3n) is 5.58. The number of piperidine rings is 1. The number of hydroxylamine groups is 2. The summed E-state index contributed by atoms with van der Waals surface area (Å²) in [6.45, 7) is 5.28. The van der Waals surface area contributed by atoms with Gasteiger partial charge in [0.05, 0.1) is 7.11 Å². The fraction of sp³-hybridized carbons (Fsp3) is 0.556. The van der Waals surface area contributed by atoms with E-state index in [1.807, 2.05) is 37.1 Å². The van der Waals surface area contributed by atoms with E-state index in [-0.39, 0.29) is 11.7 Å². The fourth-order valence-corrected chi connectivity index (χ4v) is 4.11. The van der Waals surface area contributed by atoms with Crippen molar-refractivity contribution in [2.45, 2.75) is 38.1 Å². The van der Waals surface area contributed by atoms with Gasteiger partial charge in [0.1, 0.15) is 11.5 Å². The third kappa shape index (κ3) is 2.30. The molecule has 0 aliphatic carbocycles. The quantitative estimate of drug-likeness (QED) is 0.781. The van der Waals surface area contributed by atoms with E-state index in [1.54, 1.807) is 19.1 Å². The number of benzene rings is 1. The molecule has 5 nitrogen and oxygen atoms in total. The average Bonchev–Trinajstić information content (AvgIpc) is 2.71.